The molecule has 3 heteroatoms. The average Bonchev–Trinajstić information content (AvgIpc) is 2.21. The molecule has 1 aliphatic carbocycles. The van der Waals surface area contributed by atoms with Gasteiger partial charge in [-0.05, 0) is 30.5 Å². The van der Waals surface area contributed by atoms with Crippen LogP contribution in [0.1, 0.15) is 36.0 Å². The van der Waals surface area contributed by atoms with Crippen LogP contribution in [0, 0.1) is 5.92 Å². The smallest absolute Gasteiger partial charge is 0.251 e. The summed E-state index contributed by atoms with van der Waals surface area (Å²) in [5, 5.41) is 2.97. The molecule has 0 aliphatic heterocycles. The maximum atomic E-state index is 11.8. The Morgan fingerprint density at radius 2 is 2.25 bits per heavy atom. The zero-order valence-corrected chi connectivity index (χ0v) is 10.8. The van der Waals surface area contributed by atoms with E-state index < -0.39 is 0 Å². The Kier molecular flexibility index (Phi) is 3.99. The first-order valence-electron chi connectivity index (χ1n) is 5.79. The molecule has 1 N–H and O–H groups in total. The maximum absolute atomic E-state index is 11.8. The summed E-state index contributed by atoms with van der Waals surface area (Å²) in [5.74, 6) is 0.878. The highest BCUT2D eigenvalue weighted by Crippen LogP contribution is 2.28. The first-order chi connectivity index (χ1) is 7.75. The highest BCUT2D eigenvalue weighted by molar-refractivity contribution is 9.10. The van der Waals surface area contributed by atoms with Crippen LogP contribution in [0.3, 0.4) is 0 Å². The fourth-order valence-corrected chi connectivity index (χ4v) is 2.30. The third kappa shape index (κ3) is 3.08. The van der Waals surface area contributed by atoms with Crippen molar-refractivity contribution in [2.24, 2.45) is 5.92 Å². The maximum Gasteiger partial charge on any atom is 0.251 e. The van der Waals surface area contributed by atoms with E-state index in [1.807, 2.05) is 24.3 Å². The van der Waals surface area contributed by atoms with Crippen molar-refractivity contribution < 1.29 is 4.79 Å². The van der Waals surface area contributed by atoms with Crippen molar-refractivity contribution in [2.75, 3.05) is 6.54 Å². The van der Waals surface area contributed by atoms with Gasteiger partial charge >= 0.3 is 0 Å². The fourth-order valence-electron chi connectivity index (χ4n) is 1.90. The molecule has 0 atom stereocenters. The molecule has 1 fully saturated rings. The summed E-state index contributed by atoms with van der Waals surface area (Å²) in [4.78, 5) is 11.8. The number of rotatable bonds is 4. The molecule has 1 aromatic rings. The molecule has 0 unspecified atom stereocenters. The normalized spacial score (nSPS) is 15.6. The van der Waals surface area contributed by atoms with E-state index in [4.69, 9.17) is 0 Å². The van der Waals surface area contributed by atoms with Crippen LogP contribution >= 0.6 is 15.9 Å². The molecule has 0 aromatic heterocycles. The van der Waals surface area contributed by atoms with Crippen LogP contribution in [0.5, 0.6) is 0 Å². The standard InChI is InChI=1S/C13H16BrNO/c14-12-6-2-5-11(9-12)13(16)15-8-7-10-3-1-4-10/h2,5-6,9-10H,1,3-4,7-8H2,(H,15,16). The van der Waals surface area contributed by atoms with Crippen molar-refractivity contribution >= 4 is 21.8 Å². The zero-order valence-electron chi connectivity index (χ0n) is 9.21. The third-order valence-corrected chi connectivity index (χ3v) is 3.64. The second-order valence-electron chi connectivity index (χ2n) is 4.35. The molecular weight excluding hydrogens is 266 g/mol. The Morgan fingerprint density at radius 3 is 2.88 bits per heavy atom. The molecule has 0 spiro atoms. The number of hydrogen-bond donors (Lipinski definition) is 1. The van der Waals surface area contributed by atoms with Gasteiger partial charge < -0.3 is 5.32 Å². The number of carbonyl (C=O) groups excluding carboxylic acids is 1. The molecular formula is C13H16BrNO. The summed E-state index contributed by atoms with van der Waals surface area (Å²) >= 11 is 3.36. The van der Waals surface area contributed by atoms with Gasteiger partial charge in [0.1, 0.15) is 0 Å². The lowest BCUT2D eigenvalue weighted by Gasteiger charge is -2.25. The van der Waals surface area contributed by atoms with Crippen molar-refractivity contribution in [1.82, 2.24) is 5.32 Å². The highest BCUT2D eigenvalue weighted by Gasteiger charge is 2.16. The van der Waals surface area contributed by atoms with Crippen LogP contribution in [0.15, 0.2) is 28.7 Å². The predicted octanol–water partition coefficient (Wildman–Crippen LogP) is 3.37. The van der Waals surface area contributed by atoms with Gasteiger partial charge in [0, 0.05) is 16.6 Å². The quantitative estimate of drug-likeness (QED) is 0.901. The van der Waals surface area contributed by atoms with Gasteiger partial charge in [0.25, 0.3) is 5.91 Å². The SMILES string of the molecule is O=C(NCCC1CCC1)c1cccc(Br)c1. The van der Waals surface area contributed by atoms with E-state index >= 15 is 0 Å². The van der Waals surface area contributed by atoms with Crippen LogP contribution < -0.4 is 5.32 Å². The predicted molar refractivity (Wildman–Crippen MR) is 68.4 cm³/mol. The number of benzene rings is 1. The van der Waals surface area contributed by atoms with Gasteiger partial charge in [-0.2, -0.15) is 0 Å². The molecule has 0 bridgehead atoms. The Balaban J connectivity index is 1.78. The summed E-state index contributed by atoms with van der Waals surface area (Å²) < 4.78 is 0.944. The minimum absolute atomic E-state index is 0.0284. The van der Waals surface area contributed by atoms with E-state index in [0.29, 0.717) is 0 Å². The van der Waals surface area contributed by atoms with Crippen LogP contribution in [-0.4, -0.2) is 12.5 Å². The van der Waals surface area contributed by atoms with Crippen molar-refractivity contribution in [3.8, 4) is 0 Å². The lowest BCUT2D eigenvalue weighted by atomic mass is 9.83. The van der Waals surface area contributed by atoms with Gasteiger partial charge in [0.2, 0.25) is 0 Å². The van der Waals surface area contributed by atoms with Crippen LogP contribution in [0.4, 0.5) is 0 Å². The monoisotopic (exact) mass is 281 g/mol. The second-order valence-corrected chi connectivity index (χ2v) is 5.27. The second kappa shape index (κ2) is 5.48. The van der Waals surface area contributed by atoms with E-state index in [0.717, 1.165) is 28.9 Å². The van der Waals surface area contributed by atoms with Crippen molar-refractivity contribution in [2.45, 2.75) is 25.7 Å². The Hall–Kier alpha value is -0.830. The summed E-state index contributed by atoms with van der Waals surface area (Å²) in [6, 6.07) is 7.48. The van der Waals surface area contributed by atoms with E-state index in [-0.39, 0.29) is 5.91 Å². The van der Waals surface area contributed by atoms with Crippen LogP contribution in [0.2, 0.25) is 0 Å². The van der Waals surface area contributed by atoms with Crippen molar-refractivity contribution in [3.63, 3.8) is 0 Å². The van der Waals surface area contributed by atoms with Crippen LogP contribution in [-0.2, 0) is 0 Å². The van der Waals surface area contributed by atoms with Gasteiger partial charge in [0.05, 0.1) is 0 Å². The third-order valence-electron chi connectivity index (χ3n) is 3.15. The van der Waals surface area contributed by atoms with E-state index in [9.17, 15) is 4.79 Å². The summed E-state index contributed by atoms with van der Waals surface area (Å²) in [6.07, 6.45) is 5.17. The number of carbonyl (C=O) groups is 1. The molecule has 0 saturated heterocycles. The van der Waals surface area contributed by atoms with Crippen molar-refractivity contribution in [3.05, 3.63) is 34.3 Å². The molecule has 2 nitrogen and oxygen atoms in total. The zero-order chi connectivity index (χ0) is 11.4. The summed E-state index contributed by atoms with van der Waals surface area (Å²) in [5.41, 5.74) is 0.725. The van der Waals surface area contributed by atoms with Gasteiger partial charge in [-0.1, -0.05) is 41.3 Å². The van der Waals surface area contributed by atoms with E-state index in [1.165, 1.54) is 19.3 Å². The molecule has 86 valence electrons. The summed E-state index contributed by atoms with van der Waals surface area (Å²) in [7, 11) is 0. The highest BCUT2D eigenvalue weighted by atomic mass is 79.9. The number of nitrogens with one attached hydrogen (secondary N) is 1. The Bertz CT molecular complexity index is 374. The molecule has 1 amide bonds. The first kappa shape index (κ1) is 11.6. The molecule has 0 heterocycles. The van der Waals surface area contributed by atoms with E-state index in [1.54, 1.807) is 0 Å². The number of amides is 1. The minimum atomic E-state index is 0.0284. The number of hydrogen-bond acceptors (Lipinski definition) is 1. The first-order valence-corrected chi connectivity index (χ1v) is 6.59. The van der Waals surface area contributed by atoms with Gasteiger partial charge in [-0.3, -0.25) is 4.79 Å². The van der Waals surface area contributed by atoms with Gasteiger partial charge in [-0.25, -0.2) is 0 Å². The molecule has 1 aliphatic rings. The van der Waals surface area contributed by atoms with Crippen LogP contribution in [0.25, 0.3) is 0 Å². The fraction of sp³-hybridized carbons (Fsp3) is 0.462. The van der Waals surface area contributed by atoms with E-state index in [2.05, 4.69) is 21.2 Å². The molecule has 16 heavy (non-hydrogen) atoms. The molecule has 2 rings (SSSR count). The molecule has 1 saturated carbocycles. The van der Waals surface area contributed by atoms with Gasteiger partial charge in [0.15, 0.2) is 0 Å². The largest absolute Gasteiger partial charge is 0.352 e. The summed E-state index contributed by atoms with van der Waals surface area (Å²) in [6.45, 7) is 0.802. The Morgan fingerprint density at radius 1 is 1.44 bits per heavy atom. The molecule has 0 radical (unpaired) electrons. The topological polar surface area (TPSA) is 29.1 Å². The lowest BCUT2D eigenvalue weighted by molar-refractivity contribution is 0.0949. The molecule has 1 aromatic carbocycles. The van der Waals surface area contributed by atoms with Gasteiger partial charge in [-0.15, -0.1) is 0 Å². The van der Waals surface area contributed by atoms with Crippen molar-refractivity contribution in [1.29, 1.82) is 0 Å². The number of halogens is 1. The minimum Gasteiger partial charge on any atom is -0.352 e. The Labute approximate surface area is 105 Å². The lowest BCUT2D eigenvalue weighted by Crippen LogP contribution is -2.27. The average molecular weight is 282 g/mol.